The van der Waals surface area contributed by atoms with E-state index in [-0.39, 0.29) is 12.2 Å². The van der Waals surface area contributed by atoms with Gasteiger partial charge in [0.15, 0.2) is 16.4 Å². The van der Waals surface area contributed by atoms with Crippen LogP contribution in [0.4, 0.5) is 0 Å². The van der Waals surface area contributed by atoms with Crippen molar-refractivity contribution in [1.29, 1.82) is 0 Å². The van der Waals surface area contributed by atoms with E-state index in [2.05, 4.69) is 25.4 Å². The molecule has 5 aromatic rings. The van der Waals surface area contributed by atoms with Crippen molar-refractivity contribution in [2.24, 2.45) is 5.10 Å². The van der Waals surface area contributed by atoms with Gasteiger partial charge in [0.2, 0.25) is 0 Å². The van der Waals surface area contributed by atoms with Crippen LogP contribution in [0.2, 0.25) is 0 Å². The molecule has 0 fully saturated rings. The van der Waals surface area contributed by atoms with Crippen molar-refractivity contribution >= 4 is 29.3 Å². The molecule has 0 saturated heterocycles. The van der Waals surface area contributed by atoms with Crippen LogP contribution < -0.4 is 5.69 Å². The number of hydrogen-bond acceptors (Lipinski definition) is 5. The highest BCUT2D eigenvalue weighted by atomic mass is 32.1. The molecule has 0 aliphatic heterocycles. The van der Waals surface area contributed by atoms with Gasteiger partial charge in [0.1, 0.15) is 6.54 Å². The minimum atomic E-state index is -0.359. The Labute approximate surface area is 181 Å². The highest BCUT2D eigenvalue weighted by molar-refractivity contribution is 7.71. The number of nitrogens with one attached hydrogen (secondary N) is 2. The van der Waals surface area contributed by atoms with Gasteiger partial charge in [-0.25, -0.2) is 9.48 Å². The van der Waals surface area contributed by atoms with E-state index in [9.17, 15) is 4.79 Å². The Morgan fingerprint density at radius 1 is 1.13 bits per heavy atom. The summed E-state index contributed by atoms with van der Waals surface area (Å²) in [6, 6.07) is 17.5. The maximum absolute atomic E-state index is 12.9. The van der Waals surface area contributed by atoms with Crippen LogP contribution in [0.25, 0.3) is 16.6 Å². The largest absolute Gasteiger partial charge is 0.367 e. The van der Waals surface area contributed by atoms with Gasteiger partial charge in [0, 0.05) is 28.4 Å². The number of rotatable bonds is 5. The zero-order valence-electron chi connectivity index (χ0n) is 16.6. The second-order valence-corrected chi connectivity index (χ2v) is 7.34. The summed E-state index contributed by atoms with van der Waals surface area (Å²) in [5, 5.41) is 16.8. The maximum atomic E-state index is 12.9. The third-order valence-corrected chi connectivity index (χ3v) is 5.23. The Morgan fingerprint density at radius 3 is 2.74 bits per heavy atom. The van der Waals surface area contributed by atoms with E-state index >= 15 is 0 Å². The Hall–Kier alpha value is -4.05. The summed E-state index contributed by atoms with van der Waals surface area (Å²) in [5.74, 6) is 1.05. The molecule has 154 valence electrons. The molecule has 0 unspecified atom stereocenters. The molecule has 0 bridgehead atoms. The van der Waals surface area contributed by atoms with Crippen LogP contribution in [0, 0.1) is 11.7 Å². The lowest BCUT2D eigenvalue weighted by atomic mass is 10.2. The van der Waals surface area contributed by atoms with Crippen molar-refractivity contribution in [2.75, 3.05) is 0 Å². The van der Waals surface area contributed by atoms with Crippen molar-refractivity contribution in [3.8, 4) is 5.69 Å². The van der Waals surface area contributed by atoms with Crippen molar-refractivity contribution in [3.05, 3.63) is 93.3 Å². The zero-order valence-corrected chi connectivity index (χ0v) is 17.4. The van der Waals surface area contributed by atoms with Crippen molar-refractivity contribution in [3.63, 3.8) is 0 Å². The molecule has 0 saturated carbocycles. The van der Waals surface area contributed by atoms with Crippen LogP contribution in [0.3, 0.4) is 0 Å². The number of fused-ring (bicyclic) bond motifs is 1. The molecule has 0 atom stereocenters. The van der Waals surface area contributed by atoms with Gasteiger partial charge in [-0.1, -0.05) is 36.4 Å². The topological polar surface area (TPSA) is 102 Å². The Bertz CT molecular complexity index is 1520. The number of nitrogens with zero attached hydrogens (tertiary/aromatic N) is 6. The molecule has 31 heavy (non-hydrogen) atoms. The quantitative estimate of drug-likeness (QED) is 0.331. The third kappa shape index (κ3) is 3.42. The number of aromatic amines is 2. The Balaban J connectivity index is 1.48. The lowest BCUT2D eigenvalue weighted by Gasteiger charge is -2.05. The molecule has 9 nitrogen and oxygen atoms in total. The van der Waals surface area contributed by atoms with Crippen molar-refractivity contribution in [1.82, 2.24) is 34.2 Å². The monoisotopic (exact) mass is 430 g/mol. The van der Waals surface area contributed by atoms with Gasteiger partial charge >= 0.3 is 5.69 Å². The number of benzene rings is 2. The van der Waals surface area contributed by atoms with Crippen molar-refractivity contribution in [2.45, 2.75) is 13.5 Å². The molecule has 0 aliphatic rings. The summed E-state index contributed by atoms with van der Waals surface area (Å²) in [6.07, 6.45) is 3.51. The molecule has 3 aromatic heterocycles. The van der Waals surface area contributed by atoms with Gasteiger partial charge in [0.05, 0.1) is 6.21 Å². The number of para-hydroxylation sites is 2. The molecule has 3 heterocycles. The van der Waals surface area contributed by atoms with E-state index in [0.717, 1.165) is 22.2 Å². The van der Waals surface area contributed by atoms with Gasteiger partial charge < -0.3 is 4.98 Å². The molecule has 0 spiro atoms. The molecule has 2 N–H and O–H groups in total. The van der Waals surface area contributed by atoms with Crippen LogP contribution in [-0.2, 0) is 6.54 Å². The van der Waals surface area contributed by atoms with E-state index in [1.807, 2.05) is 60.8 Å². The van der Waals surface area contributed by atoms with E-state index in [4.69, 9.17) is 12.2 Å². The summed E-state index contributed by atoms with van der Waals surface area (Å²) in [5.41, 5.74) is 2.40. The van der Waals surface area contributed by atoms with Crippen LogP contribution in [0.5, 0.6) is 0 Å². The van der Waals surface area contributed by atoms with Crippen LogP contribution >= 0.6 is 12.2 Å². The number of hydrogen-bond donors (Lipinski definition) is 2. The standard InChI is InChI=1S/C21H18N8OS/c1-14-26-27(13-19-24-25-20(31)28(19)16-7-3-2-4-8-16)21(30)29(14)23-12-15-11-22-18-10-6-5-9-17(15)18/h2-12,22H,13H2,1H3,(H,25,31)/b23-12+. The van der Waals surface area contributed by atoms with Gasteiger partial charge in [0.25, 0.3) is 0 Å². The molecule has 2 aromatic carbocycles. The lowest BCUT2D eigenvalue weighted by Crippen LogP contribution is -2.25. The summed E-state index contributed by atoms with van der Waals surface area (Å²) in [6.45, 7) is 1.89. The minimum absolute atomic E-state index is 0.150. The fourth-order valence-corrected chi connectivity index (χ4v) is 3.73. The SMILES string of the molecule is Cc1nn(Cc2n[nH]c(=S)n2-c2ccccc2)c(=O)n1/N=C/c1c[nH]c2ccccc12. The van der Waals surface area contributed by atoms with E-state index in [0.29, 0.717) is 16.4 Å². The number of aryl methyl sites for hydroxylation is 1. The highest BCUT2D eigenvalue weighted by Gasteiger charge is 2.14. The summed E-state index contributed by atoms with van der Waals surface area (Å²) in [7, 11) is 0. The van der Waals surface area contributed by atoms with Crippen LogP contribution in [-0.4, -0.2) is 40.4 Å². The van der Waals surface area contributed by atoms with E-state index in [1.165, 1.54) is 9.36 Å². The zero-order chi connectivity index (χ0) is 21.4. The average Bonchev–Trinajstić information content (AvgIpc) is 3.44. The number of H-pyrrole nitrogens is 2. The summed E-state index contributed by atoms with van der Waals surface area (Å²) >= 11 is 5.37. The number of aromatic nitrogens is 7. The molecule has 0 radical (unpaired) electrons. The van der Waals surface area contributed by atoms with Gasteiger partial charge in [-0.05, 0) is 37.3 Å². The van der Waals surface area contributed by atoms with Crippen molar-refractivity contribution < 1.29 is 0 Å². The predicted molar refractivity (Wildman–Crippen MR) is 120 cm³/mol. The van der Waals surface area contributed by atoms with E-state index in [1.54, 1.807) is 17.7 Å². The first kappa shape index (κ1) is 18.9. The molecular formula is C21H18N8OS. The summed E-state index contributed by atoms with van der Waals surface area (Å²) < 4.78 is 4.83. The third-order valence-electron chi connectivity index (χ3n) is 4.95. The molecule has 5 rings (SSSR count). The smallest absolute Gasteiger partial charge is 0.361 e. The first-order chi connectivity index (χ1) is 15.1. The van der Waals surface area contributed by atoms with Gasteiger partial charge in [-0.3, -0.25) is 9.67 Å². The molecule has 0 amide bonds. The first-order valence-electron chi connectivity index (χ1n) is 9.60. The second-order valence-electron chi connectivity index (χ2n) is 6.95. The van der Waals surface area contributed by atoms with Crippen LogP contribution in [0.15, 0.2) is 70.7 Å². The predicted octanol–water partition coefficient (Wildman–Crippen LogP) is 3.01. The van der Waals surface area contributed by atoms with E-state index < -0.39 is 0 Å². The van der Waals surface area contributed by atoms with Crippen LogP contribution in [0.1, 0.15) is 17.2 Å². The highest BCUT2D eigenvalue weighted by Crippen LogP contribution is 2.16. The minimum Gasteiger partial charge on any atom is -0.361 e. The summed E-state index contributed by atoms with van der Waals surface area (Å²) in [4.78, 5) is 16.1. The first-order valence-corrected chi connectivity index (χ1v) is 10.0. The molecule has 10 heteroatoms. The lowest BCUT2D eigenvalue weighted by molar-refractivity contribution is 0.610. The fourth-order valence-electron chi connectivity index (χ4n) is 3.48. The molecular weight excluding hydrogens is 412 g/mol. The Kier molecular flexibility index (Phi) is 4.68. The normalized spacial score (nSPS) is 11.6. The average molecular weight is 430 g/mol. The van der Waals surface area contributed by atoms with Gasteiger partial charge in [-0.15, -0.1) is 0 Å². The molecule has 0 aliphatic carbocycles. The Morgan fingerprint density at radius 2 is 1.90 bits per heavy atom. The van der Waals surface area contributed by atoms with Gasteiger partial charge in [-0.2, -0.15) is 20.0 Å². The second kappa shape index (κ2) is 7.65. The maximum Gasteiger partial charge on any atom is 0.367 e. The fraction of sp³-hybridized carbons (Fsp3) is 0.0952.